The van der Waals surface area contributed by atoms with E-state index in [1.165, 1.54) is 0 Å². The zero-order chi connectivity index (χ0) is 16.7. The second-order valence-corrected chi connectivity index (χ2v) is 5.56. The smallest absolute Gasteiger partial charge is 0.145 e. The predicted octanol–water partition coefficient (Wildman–Crippen LogP) is 3.34. The third kappa shape index (κ3) is 2.20. The average Bonchev–Trinajstić information content (AvgIpc) is 3.15. The molecule has 0 bridgehead atoms. The van der Waals surface area contributed by atoms with Gasteiger partial charge in [0.15, 0.2) is 0 Å². The molecule has 4 rings (SSSR count). The standard InChI is InChI=1S/C18H16N4O2/c1-24-12-8-6-11(7-9-12)22-10-15(23)16(17(22)19)18-20-13-4-2-3-5-14(13)21-18/h2-9,19,23H,10H2,1H3,(H,20,21). The summed E-state index contributed by atoms with van der Waals surface area (Å²) < 4.78 is 5.16. The van der Waals surface area contributed by atoms with Crippen molar-refractivity contribution in [1.29, 1.82) is 5.41 Å². The molecule has 0 saturated carbocycles. The van der Waals surface area contributed by atoms with Crippen LogP contribution in [0.4, 0.5) is 5.69 Å². The lowest BCUT2D eigenvalue weighted by Crippen LogP contribution is -2.26. The average molecular weight is 320 g/mol. The number of hydrogen-bond donors (Lipinski definition) is 3. The van der Waals surface area contributed by atoms with E-state index in [1.807, 2.05) is 48.5 Å². The first kappa shape index (κ1) is 14.3. The molecule has 0 unspecified atom stereocenters. The molecule has 1 aliphatic rings. The molecule has 24 heavy (non-hydrogen) atoms. The number of fused-ring (bicyclic) bond motifs is 1. The molecular weight excluding hydrogens is 304 g/mol. The highest BCUT2D eigenvalue weighted by Gasteiger charge is 2.31. The second kappa shape index (κ2) is 5.42. The van der Waals surface area contributed by atoms with Gasteiger partial charge in [0.25, 0.3) is 0 Å². The molecule has 6 nitrogen and oxygen atoms in total. The van der Waals surface area contributed by atoms with Gasteiger partial charge in [-0.2, -0.15) is 0 Å². The summed E-state index contributed by atoms with van der Waals surface area (Å²) in [4.78, 5) is 9.40. The lowest BCUT2D eigenvalue weighted by atomic mass is 10.2. The van der Waals surface area contributed by atoms with Crippen LogP contribution in [0.25, 0.3) is 16.6 Å². The minimum Gasteiger partial charge on any atom is -0.509 e. The van der Waals surface area contributed by atoms with E-state index >= 15 is 0 Å². The van der Waals surface area contributed by atoms with Gasteiger partial charge in [0.2, 0.25) is 0 Å². The topological polar surface area (TPSA) is 85.2 Å². The van der Waals surface area contributed by atoms with Crippen LogP contribution in [0.2, 0.25) is 0 Å². The van der Waals surface area contributed by atoms with E-state index in [0.717, 1.165) is 22.5 Å². The number of aliphatic hydroxyl groups is 1. The summed E-state index contributed by atoms with van der Waals surface area (Å²) in [5.74, 6) is 1.61. The van der Waals surface area contributed by atoms with Gasteiger partial charge in [-0.05, 0) is 36.4 Å². The van der Waals surface area contributed by atoms with E-state index in [0.29, 0.717) is 11.4 Å². The van der Waals surface area contributed by atoms with Gasteiger partial charge in [-0.3, -0.25) is 5.41 Å². The van der Waals surface area contributed by atoms with Crippen molar-refractivity contribution in [3.63, 3.8) is 0 Å². The second-order valence-electron chi connectivity index (χ2n) is 5.56. The number of methoxy groups -OCH3 is 1. The van der Waals surface area contributed by atoms with Crippen LogP contribution in [0.3, 0.4) is 0 Å². The number of ether oxygens (including phenoxy) is 1. The minimum absolute atomic E-state index is 0.134. The van der Waals surface area contributed by atoms with Crippen LogP contribution < -0.4 is 9.64 Å². The first-order valence-electron chi connectivity index (χ1n) is 7.55. The zero-order valence-electron chi connectivity index (χ0n) is 13.1. The zero-order valence-corrected chi connectivity index (χ0v) is 13.1. The molecule has 0 spiro atoms. The molecular formula is C18H16N4O2. The SMILES string of the molecule is COc1ccc(N2CC(O)=C(c3nc4ccccc4[nH]3)C2=N)cc1. The van der Waals surface area contributed by atoms with Gasteiger partial charge >= 0.3 is 0 Å². The van der Waals surface area contributed by atoms with Crippen LogP contribution in [0, 0.1) is 5.41 Å². The monoisotopic (exact) mass is 320 g/mol. The maximum absolute atomic E-state index is 10.4. The van der Waals surface area contributed by atoms with Crippen molar-refractivity contribution in [2.75, 3.05) is 18.6 Å². The molecule has 0 aliphatic carbocycles. The number of H-pyrrole nitrogens is 1. The van der Waals surface area contributed by atoms with Crippen LogP contribution in [0.5, 0.6) is 5.75 Å². The van der Waals surface area contributed by atoms with Crippen LogP contribution >= 0.6 is 0 Å². The molecule has 1 aromatic heterocycles. The first-order valence-corrected chi connectivity index (χ1v) is 7.55. The van der Waals surface area contributed by atoms with Crippen LogP contribution in [-0.4, -0.2) is 34.6 Å². The van der Waals surface area contributed by atoms with E-state index in [1.54, 1.807) is 12.0 Å². The van der Waals surface area contributed by atoms with Crippen molar-refractivity contribution in [3.05, 3.63) is 60.1 Å². The molecule has 0 atom stereocenters. The molecule has 0 fully saturated rings. The van der Waals surface area contributed by atoms with Crippen molar-refractivity contribution in [1.82, 2.24) is 9.97 Å². The number of benzene rings is 2. The molecule has 1 aliphatic heterocycles. The van der Waals surface area contributed by atoms with Gasteiger partial charge in [0.1, 0.15) is 23.2 Å². The van der Waals surface area contributed by atoms with E-state index in [4.69, 9.17) is 10.1 Å². The van der Waals surface area contributed by atoms with Gasteiger partial charge in [-0.1, -0.05) is 12.1 Å². The molecule has 3 N–H and O–H groups in total. The number of nitrogens with one attached hydrogen (secondary N) is 2. The van der Waals surface area contributed by atoms with E-state index in [2.05, 4.69) is 9.97 Å². The molecule has 6 heteroatoms. The first-order chi connectivity index (χ1) is 11.7. The van der Waals surface area contributed by atoms with Gasteiger partial charge in [-0.25, -0.2) is 4.98 Å². The fraction of sp³-hybridized carbons (Fsp3) is 0.111. The molecule has 3 aromatic rings. The third-order valence-corrected chi connectivity index (χ3v) is 4.11. The van der Waals surface area contributed by atoms with Crippen molar-refractivity contribution in [2.45, 2.75) is 0 Å². The third-order valence-electron chi connectivity index (χ3n) is 4.11. The maximum atomic E-state index is 10.4. The fourth-order valence-electron chi connectivity index (χ4n) is 2.88. The Morgan fingerprint density at radius 1 is 1.17 bits per heavy atom. The Morgan fingerprint density at radius 3 is 2.62 bits per heavy atom. The Morgan fingerprint density at radius 2 is 1.92 bits per heavy atom. The summed E-state index contributed by atoms with van der Waals surface area (Å²) in [6.07, 6.45) is 0. The number of amidine groups is 1. The van der Waals surface area contributed by atoms with Crippen LogP contribution in [0.1, 0.15) is 5.82 Å². The summed E-state index contributed by atoms with van der Waals surface area (Å²) in [5, 5.41) is 18.8. The number of aromatic amines is 1. The van der Waals surface area contributed by atoms with Gasteiger partial charge in [-0.15, -0.1) is 0 Å². The summed E-state index contributed by atoms with van der Waals surface area (Å²) >= 11 is 0. The largest absolute Gasteiger partial charge is 0.509 e. The number of hydrogen-bond acceptors (Lipinski definition) is 4. The van der Waals surface area contributed by atoms with Gasteiger partial charge in [0, 0.05) is 5.69 Å². The van der Waals surface area contributed by atoms with Crippen molar-refractivity contribution in [2.24, 2.45) is 0 Å². The highest BCUT2D eigenvalue weighted by molar-refractivity contribution is 6.30. The quantitative estimate of drug-likeness (QED) is 0.691. The lowest BCUT2D eigenvalue weighted by Gasteiger charge is -2.18. The molecule has 2 aromatic carbocycles. The van der Waals surface area contributed by atoms with E-state index in [9.17, 15) is 5.11 Å². The normalized spacial score (nSPS) is 14.7. The van der Waals surface area contributed by atoms with Gasteiger partial charge in [0.05, 0.1) is 30.3 Å². The number of rotatable bonds is 3. The fourth-order valence-corrected chi connectivity index (χ4v) is 2.88. The number of para-hydroxylation sites is 2. The summed E-state index contributed by atoms with van der Waals surface area (Å²) in [5.41, 5.74) is 2.94. The molecule has 0 saturated heterocycles. The predicted molar refractivity (Wildman–Crippen MR) is 93.7 cm³/mol. The van der Waals surface area contributed by atoms with Crippen molar-refractivity contribution in [3.8, 4) is 5.75 Å². The lowest BCUT2D eigenvalue weighted by molar-refractivity contribution is 0.411. The molecule has 0 amide bonds. The molecule has 2 heterocycles. The summed E-state index contributed by atoms with van der Waals surface area (Å²) in [6, 6.07) is 15.0. The molecule has 0 radical (unpaired) electrons. The summed E-state index contributed by atoms with van der Waals surface area (Å²) in [7, 11) is 1.61. The Hall–Kier alpha value is -3.28. The summed E-state index contributed by atoms with van der Waals surface area (Å²) in [6.45, 7) is 0.248. The number of nitrogens with zero attached hydrogens (tertiary/aromatic N) is 2. The van der Waals surface area contributed by atoms with Gasteiger partial charge < -0.3 is 19.7 Å². The minimum atomic E-state index is 0.134. The number of anilines is 1. The number of imidazole rings is 1. The number of aliphatic hydroxyl groups excluding tert-OH is 1. The van der Waals surface area contributed by atoms with E-state index in [-0.39, 0.29) is 18.1 Å². The number of aromatic nitrogens is 2. The Bertz CT molecular complexity index is 924. The Balaban J connectivity index is 1.69. The van der Waals surface area contributed by atoms with Crippen LogP contribution in [-0.2, 0) is 0 Å². The van der Waals surface area contributed by atoms with Crippen molar-refractivity contribution >= 4 is 28.1 Å². The Kier molecular flexibility index (Phi) is 3.23. The Labute approximate surface area is 138 Å². The molecule has 120 valence electrons. The maximum Gasteiger partial charge on any atom is 0.145 e. The van der Waals surface area contributed by atoms with Crippen LogP contribution in [0.15, 0.2) is 54.3 Å². The van der Waals surface area contributed by atoms with E-state index < -0.39 is 0 Å². The highest BCUT2D eigenvalue weighted by atomic mass is 16.5. The van der Waals surface area contributed by atoms with Crippen molar-refractivity contribution < 1.29 is 9.84 Å². The highest BCUT2D eigenvalue weighted by Crippen LogP contribution is 2.31.